The van der Waals surface area contributed by atoms with Gasteiger partial charge < -0.3 is 0 Å². The lowest BCUT2D eigenvalue weighted by molar-refractivity contribution is -0.189. The molecule has 0 saturated heterocycles. The Morgan fingerprint density at radius 1 is 0.380 bits per heavy atom. The van der Waals surface area contributed by atoms with Gasteiger partial charge in [0.2, 0.25) is 0 Å². The van der Waals surface area contributed by atoms with Crippen molar-refractivity contribution in [2.24, 2.45) is 32.5 Å². The molecule has 0 fully saturated rings. The number of hydrogen-bond donors (Lipinski definition) is 3. The highest BCUT2D eigenvalue weighted by Crippen LogP contribution is 2.32. The molecule has 6 aromatic rings. The van der Waals surface area contributed by atoms with E-state index < -0.39 is 84.8 Å². The zero-order valence-electron chi connectivity index (χ0n) is 66.7. The maximum absolute atomic E-state index is 13.6. The van der Waals surface area contributed by atoms with Gasteiger partial charge in [-0.05, 0) is 124 Å². The summed E-state index contributed by atoms with van der Waals surface area (Å²) in [5, 5.41) is 36.5. The average molecular weight is 1590 g/mol. The van der Waals surface area contributed by atoms with Crippen molar-refractivity contribution in [3.8, 4) is 0 Å². The minimum atomic E-state index is -1.53. The first-order valence-corrected chi connectivity index (χ1v) is 37.4. The lowest BCUT2D eigenvalue weighted by atomic mass is 9.89. The molecule has 0 radical (unpaired) electrons. The Kier molecular flexibility index (Phi) is 40.2. The van der Waals surface area contributed by atoms with E-state index in [2.05, 4.69) is 6.07 Å². The fourth-order valence-corrected chi connectivity index (χ4v) is 11.3. The van der Waals surface area contributed by atoms with Crippen molar-refractivity contribution >= 4 is 69.5 Å². The van der Waals surface area contributed by atoms with Gasteiger partial charge in [-0.15, -0.1) is 34.0 Å². The summed E-state index contributed by atoms with van der Waals surface area (Å²) in [6, 6.07) is 14.0. The molecule has 3 aromatic heterocycles. The smallest absolute Gasteiger partial charge is 0.252 e. The van der Waals surface area contributed by atoms with Crippen LogP contribution in [0.5, 0.6) is 0 Å². The highest BCUT2D eigenvalue weighted by Gasteiger charge is 2.36. The minimum absolute atomic E-state index is 0.114. The molecule has 0 aliphatic heterocycles. The Balaban J connectivity index is 0.000000650. The van der Waals surface area contributed by atoms with E-state index >= 15 is 0 Å². The van der Waals surface area contributed by atoms with Crippen LogP contribution in [0.3, 0.4) is 0 Å². The Hall–Kier alpha value is -7.29. The molecule has 6 rings (SSSR count). The van der Waals surface area contributed by atoms with Gasteiger partial charge in [-0.3, -0.25) is 58.9 Å². The summed E-state index contributed by atoms with van der Waals surface area (Å²) in [5.74, 6) is -12.6. The topological polar surface area (TPSA) is 210 Å². The summed E-state index contributed by atoms with van der Waals surface area (Å²) in [4.78, 5) is 92.5. The number of carbonyl (C=O) groups excluding carboxylic acids is 6. The number of hydroxylamine groups is 12. The fourth-order valence-electron chi connectivity index (χ4n) is 8.68. The molecular weight excluding hydrogens is 1480 g/mol. The molecule has 108 heavy (non-hydrogen) atoms. The van der Waals surface area contributed by atoms with E-state index in [-0.39, 0.29) is 91.4 Å². The molecule has 30 heteroatoms. The van der Waals surface area contributed by atoms with Crippen LogP contribution in [0.2, 0.25) is 0 Å². The molecule has 606 valence electrons. The highest BCUT2D eigenvalue weighted by atomic mass is 32.1. The van der Waals surface area contributed by atoms with Gasteiger partial charge >= 0.3 is 0 Å². The molecule has 0 bridgehead atoms. The summed E-state index contributed by atoms with van der Waals surface area (Å²) in [6.07, 6.45) is 3.83. The summed E-state index contributed by atoms with van der Waals surface area (Å²) in [6.45, 7) is 38.9. The van der Waals surface area contributed by atoms with Crippen molar-refractivity contribution in [1.29, 1.82) is 0 Å². The van der Waals surface area contributed by atoms with Crippen molar-refractivity contribution < 1.29 is 98.4 Å². The van der Waals surface area contributed by atoms with E-state index in [0.717, 1.165) is 74.8 Å². The number of aryl methyl sites for hydroxylation is 3. The summed E-state index contributed by atoms with van der Waals surface area (Å²) >= 11 is 4.76. The monoisotopic (exact) mass is 1590 g/mol. The van der Waals surface area contributed by atoms with Gasteiger partial charge in [0.15, 0.2) is 40.7 Å². The number of amides is 6. The van der Waals surface area contributed by atoms with E-state index in [9.17, 15) is 83.9 Å². The molecule has 0 aliphatic carbocycles. The van der Waals surface area contributed by atoms with Crippen LogP contribution in [0.15, 0.2) is 72.1 Å². The van der Waals surface area contributed by atoms with Gasteiger partial charge in [0.25, 0.3) is 35.4 Å². The van der Waals surface area contributed by atoms with E-state index in [1.165, 1.54) is 42.4 Å². The molecule has 0 aliphatic rings. The Bertz CT molecular complexity index is 3860. The highest BCUT2D eigenvalue weighted by molar-refractivity contribution is 7.12. The van der Waals surface area contributed by atoms with Crippen LogP contribution in [0.1, 0.15) is 210 Å². The van der Waals surface area contributed by atoms with Crippen molar-refractivity contribution in [3.05, 3.63) is 171 Å². The van der Waals surface area contributed by atoms with Crippen molar-refractivity contribution in [2.45, 2.75) is 223 Å². The first-order valence-electron chi connectivity index (χ1n) is 34.9. The number of nitrogens with zero attached hydrogens (tertiary/aromatic N) is 6. The van der Waals surface area contributed by atoms with Crippen molar-refractivity contribution in [2.75, 3.05) is 21.3 Å². The third-order valence-corrected chi connectivity index (χ3v) is 21.4. The Morgan fingerprint density at radius 2 is 0.750 bits per heavy atom. The predicted octanol–water partition coefficient (Wildman–Crippen LogP) is 19.9. The fraction of sp³-hybridized carbons (Fsp3) is 0.538. The van der Waals surface area contributed by atoms with Crippen molar-refractivity contribution in [1.82, 2.24) is 30.4 Å². The average Bonchev–Trinajstić information content (AvgIpc) is 1.64. The number of carbonyl (C=O) groups is 6. The van der Waals surface area contributed by atoms with Crippen LogP contribution in [-0.2, 0) is 82.5 Å². The lowest BCUT2D eigenvalue weighted by Gasteiger charge is -2.29. The molecule has 18 nitrogen and oxygen atoms in total. The maximum Gasteiger partial charge on any atom is 0.252 e. The molecule has 6 amide bonds. The first-order chi connectivity index (χ1) is 49.8. The standard InChI is InChI=1S/3C14H18F3NO2.C13H21NO2S.C12H19NO2S.C11H17NO2S/c1-5-14(2,3)13(19)18(20-4)8-9-6-11(16)12(17)7-10(9)15;1-5-14(2,3)13(19)18(20-4)8-9-6-10(15)7-11(16)12(9)17;1-5-14(2,3)13(19)18(20-4)8-9-6-10(15)12(17)11(16)7-9;1-6-13(4,5)12(15)14(16)8-11-9(2)7-10(3)17-11;1-5-12(3,4)11(14)13(15)8-10-7-6-9(2)16-10;1-4-11(2,3)10(13)12(14)8-9-6-5-7-15-9/h3*6-7H,5,8H2,1-4H3;7,16H,6,8H2,1-5H3;6-7,15H,5,8H2,1-4H3;5-7,14H,4,8H2,1-3H3. The predicted molar refractivity (Wildman–Crippen MR) is 400 cm³/mol. The van der Waals surface area contributed by atoms with E-state index in [1.54, 1.807) is 64.2 Å². The minimum Gasteiger partial charge on any atom is -0.286 e. The first kappa shape index (κ1) is 98.7. The van der Waals surface area contributed by atoms with Gasteiger partial charge in [0.05, 0.1) is 60.6 Å². The van der Waals surface area contributed by atoms with Crippen LogP contribution in [-0.4, -0.2) is 103 Å². The van der Waals surface area contributed by atoms with Gasteiger partial charge in [0.1, 0.15) is 11.6 Å². The van der Waals surface area contributed by atoms with E-state index in [1.807, 2.05) is 134 Å². The van der Waals surface area contributed by atoms with Crippen LogP contribution >= 0.6 is 34.0 Å². The van der Waals surface area contributed by atoms with Crippen molar-refractivity contribution in [3.63, 3.8) is 0 Å². The summed E-state index contributed by atoms with van der Waals surface area (Å²) in [7, 11) is 3.80. The second kappa shape index (κ2) is 43.9. The van der Waals surface area contributed by atoms with Gasteiger partial charge in [-0.1, -0.05) is 131 Å². The summed E-state index contributed by atoms with van der Waals surface area (Å²) in [5.41, 5.74) is -2.73. The van der Waals surface area contributed by atoms with Crippen LogP contribution in [0.4, 0.5) is 39.5 Å². The second-order valence-corrected chi connectivity index (χ2v) is 33.0. The molecule has 0 spiro atoms. The molecule has 3 aromatic carbocycles. The zero-order chi connectivity index (χ0) is 83.5. The molecule has 0 atom stereocenters. The molecule has 3 heterocycles. The maximum atomic E-state index is 13.6. The van der Waals surface area contributed by atoms with Gasteiger partial charge in [-0.25, -0.2) is 69.9 Å². The molecular formula is C78H111F9N6O12S3. The lowest BCUT2D eigenvalue weighted by Crippen LogP contribution is -2.39. The third kappa shape index (κ3) is 30.2. The van der Waals surface area contributed by atoms with Crippen LogP contribution < -0.4 is 0 Å². The number of rotatable bonds is 27. The molecule has 0 unspecified atom stereocenters. The second-order valence-electron chi connectivity index (χ2n) is 29.2. The van der Waals surface area contributed by atoms with E-state index in [4.69, 9.17) is 14.5 Å². The van der Waals surface area contributed by atoms with E-state index in [0.29, 0.717) is 50.7 Å². The van der Waals surface area contributed by atoms with Gasteiger partial charge in [0, 0.05) is 80.1 Å². The quantitative estimate of drug-likeness (QED) is 0.0145. The third-order valence-electron chi connectivity index (χ3n) is 18.4. The van der Waals surface area contributed by atoms with Crippen LogP contribution in [0.25, 0.3) is 0 Å². The molecule has 0 saturated carbocycles. The molecule has 3 N–H and O–H groups in total. The summed E-state index contributed by atoms with van der Waals surface area (Å²) < 4.78 is 119. The number of halogens is 9. The van der Waals surface area contributed by atoms with Crippen LogP contribution in [0, 0.1) is 106 Å². The Morgan fingerprint density at radius 3 is 1.11 bits per heavy atom. The Labute approximate surface area is 643 Å². The number of thiophene rings is 3. The SMILES string of the molecule is CCC(C)(C)C(=O)N(Cc1cc(F)c(F)c(F)c1)OC.CCC(C)(C)C(=O)N(Cc1cc(F)c(F)cc1F)OC.CCC(C)(C)C(=O)N(Cc1cc(F)cc(F)c1F)OC.CCC(C)(C)C(=O)N(O)Cc1ccc(C)s1.CCC(C)(C)C(=O)N(O)Cc1cccs1.CCC(C)(C)C(=O)N(O)Cc1sc(C)cc1C. The zero-order valence-corrected chi connectivity index (χ0v) is 69.2. The number of benzene rings is 3. The largest absolute Gasteiger partial charge is 0.286 e. The number of hydrogen-bond acceptors (Lipinski definition) is 15. The normalized spacial score (nSPS) is 11.6. The van der Waals surface area contributed by atoms with Gasteiger partial charge in [-0.2, -0.15) is 0 Å².